The second kappa shape index (κ2) is 12.7. The van der Waals surface area contributed by atoms with Crippen LogP contribution in [0.1, 0.15) is 68.9 Å². The first kappa shape index (κ1) is 28.6. The van der Waals surface area contributed by atoms with Crippen LogP contribution in [0, 0.1) is 24.7 Å². The van der Waals surface area contributed by atoms with E-state index in [1.165, 1.54) is 22.5 Å². The number of aromatic nitrogens is 1. The van der Waals surface area contributed by atoms with Crippen LogP contribution >= 0.6 is 11.3 Å². The third kappa shape index (κ3) is 6.36. The third-order valence-electron chi connectivity index (χ3n) is 8.98. The molecule has 2 fully saturated rings. The van der Waals surface area contributed by atoms with Crippen LogP contribution in [0.4, 0.5) is 5.69 Å². The molecule has 0 saturated heterocycles. The molecular weight excluding hydrogens is 520 g/mol. The van der Waals surface area contributed by atoms with Gasteiger partial charge in [0.05, 0.1) is 25.2 Å². The molecule has 2 aromatic carbocycles. The minimum absolute atomic E-state index is 0.0356. The zero-order valence-electron chi connectivity index (χ0n) is 24.1. The first-order valence-corrected chi connectivity index (χ1v) is 15.4. The zero-order chi connectivity index (χ0) is 28.2. The lowest BCUT2D eigenvalue weighted by Gasteiger charge is -2.38. The first-order valence-electron chi connectivity index (χ1n) is 14.6. The predicted molar refractivity (Wildman–Crippen MR) is 161 cm³/mol. The summed E-state index contributed by atoms with van der Waals surface area (Å²) in [5.74, 6) is 2.60. The molecule has 6 nitrogen and oxygen atoms in total. The molecule has 1 N–H and O–H groups in total. The van der Waals surface area contributed by atoms with Crippen LogP contribution in [-0.2, 0) is 4.79 Å². The molecule has 5 rings (SSSR count). The van der Waals surface area contributed by atoms with E-state index in [2.05, 4.69) is 60.1 Å². The number of benzene rings is 2. The minimum Gasteiger partial charge on any atom is -0.496 e. The maximum Gasteiger partial charge on any atom is 0.273 e. The summed E-state index contributed by atoms with van der Waals surface area (Å²) in [5, 5.41) is 10.7. The zero-order valence-corrected chi connectivity index (χ0v) is 25.0. The van der Waals surface area contributed by atoms with Crippen molar-refractivity contribution < 1.29 is 19.4 Å². The molecule has 0 aliphatic heterocycles. The van der Waals surface area contributed by atoms with Crippen molar-refractivity contribution >= 4 is 22.9 Å². The summed E-state index contributed by atoms with van der Waals surface area (Å²) in [4.78, 5) is 21.5. The molecule has 2 aliphatic carbocycles. The van der Waals surface area contributed by atoms with E-state index in [1.54, 1.807) is 14.2 Å². The van der Waals surface area contributed by atoms with Crippen molar-refractivity contribution in [3.05, 3.63) is 59.8 Å². The average molecular weight is 563 g/mol. The van der Waals surface area contributed by atoms with Gasteiger partial charge >= 0.3 is 0 Å². The second-order valence-electron chi connectivity index (χ2n) is 11.7. The highest BCUT2D eigenvalue weighted by molar-refractivity contribution is 7.16. The Hall–Kier alpha value is -2.90. The Morgan fingerprint density at radius 3 is 2.52 bits per heavy atom. The fourth-order valence-corrected chi connectivity index (χ4v) is 7.47. The predicted octanol–water partition coefficient (Wildman–Crippen LogP) is 7.24. The van der Waals surface area contributed by atoms with Crippen LogP contribution in [0.25, 0.3) is 10.4 Å². The van der Waals surface area contributed by atoms with Crippen molar-refractivity contribution in [3.8, 4) is 21.4 Å². The highest BCUT2D eigenvalue weighted by Crippen LogP contribution is 2.42. The molecule has 1 amide bonds. The van der Waals surface area contributed by atoms with Crippen molar-refractivity contribution in [2.75, 3.05) is 25.7 Å². The van der Waals surface area contributed by atoms with E-state index in [4.69, 9.17) is 9.47 Å². The summed E-state index contributed by atoms with van der Waals surface area (Å²) in [6.07, 6.45) is 7.78. The number of aliphatic hydroxyl groups is 1. The lowest BCUT2D eigenvalue weighted by Crippen LogP contribution is -2.42. The number of carbonyl (C=O) groups is 1. The molecule has 1 heterocycles. The molecule has 214 valence electrons. The largest absolute Gasteiger partial charge is 0.496 e. The van der Waals surface area contributed by atoms with Crippen LogP contribution < -0.4 is 14.4 Å². The van der Waals surface area contributed by atoms with Crippen LogP contribution in [0.15, 0.2) is 48.7 Å². The number of carbonyl (C=O) groups excluding carboxylic acids is 1. The van der Waals surface area contributed by atoms with Crippen LogP contribution in [0.5, 0.6) is 10.9 Å². The summed E-state index contributed by atoms with van der Waals surface area (Å²) >= 11 is 1.51. The molecule has 2 aliphatic rings. The number of rotatable bonds is 8. The molecule has 0 radical (unpaired) electrons. The van der Waals surface area contributed by atoms with Crippen molar-refractivity contribution in [2.45, 2.75) is 70.8 Å². The van der Waals surface area contributed by atoms with Crippen molar-refractivity contribution in [3.63, 3.8) is 0 Å². The van der Waals surface area contributed by atoms with Gasteiger partial charge in [0.2, 0.25) is 5.91 Å². The van der Waals surface area contributed by atoms with Gasteiger partial charge < -0.3 is 19.5 Å². The Bertz CT molecular complexity index is 1300. The van der Waals surface area contributed by atoms with Gasteiger partial charge in [0.25, 0.3) is 5.19 Å². The third-order valence-corrected chi connectivity index (χ3v) is 9.99. The normalized spacial score (nSPS) is 24.9. The quantitative estimate of drug-likeness (QED) is 0.313. The summed E-state index contributed by atoms with van der Waals surface area (Å²) < 4.78 is 10.8. The highest BCUT2D eigenvalue weighted by Gasteiger charge is 2.34. The Labute approximate surface area is 242 Å². The van der Waals surface area contributed by atoms with Gasteiger partial charge in [-0.2, -0.15) is 0 Å². The molecule has 3 atom stereocenters. The van der Waals surface area contributed by atoms with Gasteiger partial charge in [-0.05, 0) is 105 Å². The average Bonchev–Trinajstić information content (AvgIpc) is 3.46. The number of aliphatic hydroxyl groups excluding tert-OH is 1. The number of thiazole rings is 1. The summed E-state index contributed by atoms with van der Waals surface area (Å²) in [6, 6.07) is 14.9. The van der Waals surface area contributed by atoms with E-state index in [-0.39, 0.29) is 17.9 Å². The molecule has 3 unspecified atom stereocenters. The van der Waals surface area contributed by atoms with E-state index in [0.717, 1.165) is 60.5 Å². The molecule has 1 aromatic heterocycles. The molecule has 0 bridgehead atoms. The lowest BCUT2D eigenvalue weighted by molar-refractivity contribution is -0.124. The fraction of sp³-hybridized carbons (Fsp3) is 0.515. The number of methoxy groups -OCH3 is 2. The summed E-state index contributed by atoms with van der Waals surface area (Å²) in [6.45, 7) is 5.21. The Morgan fingerprint density at radius 2 is 1.85 bits per heavy atom. The Balaban J connectivity index is 1.36. The molecular formula is C33H42N2O4S. The van der Waals surface area contributed by atoms with E-state index in [0.29, 0.717) is 35.8 Å². The van der Waals surface area contributed by atoms with Gasteiger partial charge in [-0.15, -0.1) is 0 Å². The summed E-state index contributed by atoms with van der Waals surface area (Å²) in [7, 11) is 3.36. The lowest BCUT2D eigenvalue weighted by atomic mass is 9.71. The van der Waals surface area contributed by atoms with Gasteiger partial charge in [-0.1, -0.05) is 42.5 Å². The highest BCUT2D eigenvalue weighted by atomic mass is 32.1. The van der Waals surface area contributed by atoms with Gasteiger partial charge in [-0.25, -0.2) is 4.98 Å². The van der Waals surface area contributed by atoms with E-state index >= 15 is 0 Å². The van der Waals surface area contributed by atoms with Crippen LogP contribution in [0.3, 0.4) is 0 Å². The SMILES string of the molecule is COc1ncc(-c2cccc(N(CC3CCC(c4ccc(OC)c(C)c4)C(C)C3)C(=O)C3CCC(O)CC3)c2)s1. The number of aryl methyl sites for hydroxylation is 1. The molecule has 7 heteroatoms. The van der Waals surface area contributed by atoms with Gasteiger partial charge in [-0.3, -0.25) is 4.79 Å². The van der Waals surface area contributed by atoms with Gasteiger partial charge in [0, 0.05) is 24.3 Å². The maximum absolute atomic E-state index is 14.0. The van der Waals surface area contributed by atoms with Gasteiger partial charge in [0.1, 0.15) is 5.75 Å². The monoisotopic (exact) mass is 562 g/mol. The number of hydrogen-bond donors (Lipinski definition) is 1. The Kier molecular flexibility index (Phi) is 9.11. The summed E-state index contributed by atoms with van der Waals surface area (Å²) in [5.41, 5.74) is 4.57. The van der Waals surface area contributed by atoms with Gasteiger partial charge in [0.15, 0.2) is 0 Å². The van der Waals surface area contributed by atoms with Crippen molar-refractivity contribution in [1.29, 1.82) is 0 Å². The smallest absolute Gasteiger partial charge is 0.273 e. The number of ether oxygens (including phenoxy) is 2. The minimum atomic E-state index is -0.278. The van der Waals surface area contributed by atoms with E-state index < -0.39 is 0 Å². The topological polar surface area (TPSA) is 71.9 Å². The number of nitrogens with zero attached hydrogens (tertiary/aromatic N) is 2. The fourth-order valence-electron chi connectivity index (χ4n) is 6.74. The molecule has 40 heavy (non-hydrogen) atoms. The number of hydrogen-bond acceptors (Lipinski definition) is 6. The number of amides is 1. The maximum atomic E-state index is 14.0. The molecule has 2 saturated carbocycles. The molecule has 0 spiro atoms. The van der Waals surface area contributed by atoms with E-state index in [1.807, 2.05) is 12.3 Å². The van der Waals surface area contributed by atoms with E-state index in [9.17, 15) is 9.90 Å². The number of anilines is 1. The molecule has 3 aromatic rings. The van der Waals surface area contributed by atoms with Crippen LogP contribution in [0.2, 0.25) is 0 Å². The van der Waals surface area contributed by atoms with Crippen molar-refractivity contribution in [1.82, 2.24) is 4.98 Å². The van der Waals surface area contributed by atoms with Crippen LogP contribution in [-0.4, -0.2) is 42.9 Å². The second-order valence-corrected chi connectivity index (χ2v) is 12.7. The standard InChI is InChI=1S/C33H42N2O4S/c1-21-16-23(8-14-29(21)25-11-15-30(38-3)22(2)17-25)20-35(32(37)24-9-12-28(36)13-10-24)27-7-5-6-26(18-27)31-19-34-33(39-4)40-31/h5-7,11,15,17-19,21,23-24,28-29,36H,8-10,12-14,16,20H2,1-4H3. The Morgan fingerprint density at radius 1 is 1.05 bits per heavy atom. The first-order chi connectivity index (χ1) is 19.4. The van der Waals surface area contributed by atoms with Crippen molar-refractivity contribution in [2.24, 2.45) is 17.8 Å².